The molecule has 2 aliphatic rings. The quantitative estimate of drug-likeness (QED) is 0.110. The van der Waals surface area contributed by atoms with Crippen LogP contribution in [-0.2, 0) is 4.79 Å². The van der Waals surface area contributed by atoms with Gasteiger partial charge < -0.3 is 16.0 Å². The van der Waals surface area contributed by atoms with Crippen LogP contribution in [0, 0.1) is 16.9 Å². The van der Waals surface area contributed by atoms with E-state index in [4.69, 9.17) is 39.5 Å². The molecule has 242 valence electrons. The molecule has 0 radical (unpaired) electrons. The minimum atomic E-state index is -4.46. The average molecular weight is 667 g/mol. The van der Waals surface area contributed by atoms with Crippen LogP contribution in [0.15, 0.2) is 57.8 Å². The highest BCUT2D eigenvalue weighted by Crippen LogP contribution is 2.50. The van der Waals surface area contributed by atoms with Crippen molar-refractivity contribution in [3.05, 3.63) is 69.2 Å². The maximum Gasteiger partial charge on any atom is 0.389 e. The molecular formula is C31H36Cl2F3N7O2. The molecule has 1 atom stereocenters. The van der Waals surface area contributed by atoms with Gasteiger partial charge >= 0.3 is 6.18 Å². The van der Waals surface area contributed by atoms with Crippen molar-refractivity contribution in [2.75, 3.05) is 6.54 Å². The third-order valence-corrected chi connectivity index (χ3v) is 8.95. The van der Waals surface area contributed by atoms with Gasteiger partial charge in [0, 0.05) is 27.6 Å². The number of carbonyl (C=O) groups excluding carboxylic acids is 2. The van der Waals surface area contributed by atoms with E-state index in [0.29, 0.717) is 39.9 Å². The number of amides is 2. The fourth-order valence-corrected chi connectivity index (χ4v) is 6.72. The molecule has 2 aromatic rings. The largest absolute Gasteiger partial charge is 0.389 e. The van der Waals surface area contributed by atoms with E-state index in [0.717, 1.165) is 12.8 Å². The van der Waals surface area contributed by atoms with Crippen LogP contribution in [0.3, 0.4) is 0 Å². The third-order valence-electron chi connectivity index (χ3n) is 8.52. The summed E-state index contributed by atoms with van der Waals surface area (Å²) in [4.78, 5) is 33.5. The summed E-state index contributed by atoms with van der Waals surface area (Å²) in [6.45, 7) is 6.33. The Morgan fingerprint density at radius 1 is 1.13 bits per heavy atom. The summed E-state index contributed by atoms with van der Waals surface area (Å²) in [7, 11) is 0. The van der Waals surface area contributed by atoms with Crippen LogP contribution >= 0.6 is 23.2 Å². The number of amidine groups is 1. The molecule has 0 bridgehead atoms. The van der Waals surface area contributed by atoms with E-state index in [1.165, 1.54) is 23.1 Å². The number of carbonyl (C=O) groups is 2. The molecule has 4 N–H and O–H groups in total. The van der Waals surface area contributed by atoms with E-state index in [1.807, 2.05) is 0 Å². The van der Waals surface area contributed by atoms with Gasteiger partial charge in [0.2, 0.25) is 0 Å². The Kier molecular flexibility index (Phi) is 10.3. The average Bonchev–Trinajstić information content (AvgIpc) is 3.22. The Labute approximate surface area is 269 Å². The zero-order valence-electron chi connectivity index (χ0n) is 25.2. The second-order valence-corrected chi connectivity index (χ2v) is 13.5. The summed E-state index contributed by atoms with van der Waals surface area (Å²) >= 11 is 12.5. The molecule has 4 rings (SSSR count). The van der Waals surface area contributed by atoms with Crippen molar-refractivity contribution >= 4 is 46.6 Å². The number of hydrogen-bond donors (Lipinski definition) is 3. The zero-order chi connectivity index (χ0) is 33.2. The lowest BCUT2D eigenvalue weighted by molar-refractivity contribution is -0.147. The van der Waals surface area contributed by atoms with Crippen molar-refractivity contribution in [3.8, 4) is 0 Å². The number of alkyl halides is 3. The Morgan fingerprint density at radius 2 is 1.73 bits per heavy atom. The minimum Gasteiger partial charge on any atom is -0.384 e. The van der Waals surface area contributed by atoms with Gasteiger partial charge in [-0.05, 0) is 79.3 Å². The number of aliphatic imine (C=N–C) groups is 1. The molecule has 45 heavy (non-hydrogen) atoms. The van der Waals surface area contributed by atoms with Gasteiger partial charge in [-0.25, -0.2) is 0 Å². The van der Waals surface area contributed by atoms with E-state index in [1.54, 1.807) is 24.3 Å². The van der Waals surface area contributed by atoms with Crippen LogP contribution < -0.4 is 11.1 Å². The van der Waals surface area contributed by atoms with Crippen molar-refractivity contribution < 1.29 is 22.8 Å². The van der Waals surface area contributed by atoms with Gasteiger partial charge in [-0.1, -0.05) is 61.3 Å². The molecule has 1 aliphatic heterocycles. The van der Waals surface area contributed by atoms with Gasteiger partial charge in [-0.15, -0.1) is 5.10 Å². The van der Waals surface area contributed by atoms with Crippen molar-refractivity contribution in [2.24, 2.45) is 32.4 Å². The van der Waals surface area contributed by atoms with E-state index in [9.17, 15) is 22.8 Å². The highest BCUT2D eigenvalue weighted by atomic mass is 35.5. The number of rotatable bonds is 9. The highest BCUT2D eigenvalue weighted by Gasteiger charge is 2.53. The zero-order valence-corrected chi connectivity index (χ0v) is 26.7. The lowest BCUT2D eigenvalue weighted by Crippen LogP contribution is -2.51. The molecule has 0 aromatic heterocycles. The van der Waals surface area contributed by atoms with Crippen LogP contribution in [0.5, 0.6) is 0 Å². The summed E-state index contributed by atoms with van der Waals surface area (Å²) in [6.07, 6.45) is -3.54. The molecule has 2 aromatic carbocycles. The van der Waals surface area contributed by atoms with Gasteiger partial charge in [0.15, 0.2) is 0 Å². The number of nitrogens with one attached hydrogen (secondary N) is 2. The van der Waals surface area contributed by atoms with Crippen molar-refractivity contribution in [3.63, 3.8) is 0 Å². The molecule has 1 saturated carbocycles. The number of nitrogens with zero attached hydrogens (tertiary/aromatic N) is 4. The second kappa shape index (κ2) is 13.5. The normalized spacial score (nSPS) is 21.6. The molecule has 1 spiro atoms. The van der Waals surface area contributed by atoms with Crippen LogP contribution in [0.1, 0.15) is 86.8 Å². The summed E-state index contributed by atoms with van der Waals surface area (Å²) in [5.41, 5.74) is 12.4. The Balaban J connectivity index is 1.74. The first-order chi connectivity index (χ1) is 21.0. The van der Waals surface area contributed by atoms with E-state index < -0.39 is 42.5 Å². The van der Waals surface area contributed by atoms with Crippen LogP contribution in [0.2, 0.25) is 10.0 Å². The fraction of sp³-hybridized carbons (Fsp3) is 0.484. The number of halogens is 5. The molecule has 0 saturated heterocycles. The molecule has 9 nitrogen and oxygen atoms in total. The molecule has 14 heteroatoms. The minimum absolute atomic E-state index is 0.0145. The summed E-state index contributed by atoms with van der Waals surface area (Å²) in [5, 5.41) is 9.30. The Morgan fingerprint density at radius 3 is 2.27 bits per heavy atom. The molecular weight excluding hydrogens is 630 g/mol. The van der Waals surface area contributed by atoms with E-state index in [-0.39, 0.29) is 29.1 Å². The standard InChI is InChI=1S/C31H36Cl2F3N7O2/c1-29(2,3)21-8-11-30(12-9-21)40-26(20-14-22(32)16-23(33)15-20)28(45)43(30)24(10-13-31(34,35)36)18-4-6-19(7-5-18)27(44)39-17-25(37)41-42-38/h4-7,14-16,21,24H,8-13,17H2,1-3H3,(H,39,44)(H3,37,38,41). The lowest BCUT2D eigenvalue weighted by Gasteiger charge is -2.47. The van der Waals surface area contributed by atoms with Crippen LogP contribution in [0.4, 0.5) is 13.2 Å². The lowest BCUT2D eigenvalue weighted by atomic mass is 9.69. The SMILES string of the molecule is CC(C)(C)C1CCC2(CC1)N=C(c1cc(Cl)cc(Cl)c1)C(=O)N2C(CCC(F)(F)F)c1ccc(C(=O)NCC(N)=NN=N)cc1. The monoisotopic (exact) mass is 665 g/mol. The van der Waals surface area contributed by atoms with E-state index >= 15 is 0 Å². The van der Waals surface area contributed by atoms with Crippen LogP contribution in [0.25, 0.3) is 0 Å². The first-order valence-electron chi connectivity index (χ1n) is 14.6. The number of nitrogens with two attached hydrogens (primary N) is 1. The molecule has 1 unspecified atom stereocenters. The third kappa shape index (κ3) is 8.21. The fourth-order valence-electron chi connectivity index (χ4n) is 6.20. The summed E-state index contributed by atoms with van der Waals surface area (Å²) in [5.74, 6) is -0.724. The predicted molar refractivity (Wildman–Crippen MR) is 168 cm³/mol. The van der Waals surface area contributed by atoms with Crippen molar-refractivity contribution in [1.82, 2.24) is 10.2 Å². The smallest absolute Gasteiger partial charge is 0.384 e. The number of benzene rings is 2. The maximum absolute atomic E-state index is 14.3. The first-order valence-corrected chi connectivity index (χ1v) is 15.3. The second-order valence-electron chi connectivity index (χ2n) is 12.6. The van der Waals surface area contributed by atoms with Gasteiger partial charge in [-0.2, -0.15) is 18.7 Å². The van der Waals surface area contributed by atoms with Gasteiger partial charge in [0.05, 0.1) is 12.6 Å². The van der Waals surface area contributed by atoms with Crippen LogP contribution in [-0.4, -0.2) is 46.6 Å². The Hall–Kier alpha value is -3.51. The van der Waals surface area contributed by atoms with Gasteiger partial charge in [-0.3, -0.25) is 14.6 Å². The molecule has 1 heterocycles. The highest BCUT2D eigenvalue weighted by molar-refractivity contribution is 6.47. The summed E-state index contributed by atoms with van der Waals surface area (Å²) < 4.78 is 41.1. The number of hydrogen-bond acceptors (Lipinski definition) is 5. The predicted octanol–water partition coefficient (Wildman–Crippen LogP) is 7.67. The van der Waals surface area contributed by atoms with Gasteiger partial charge in [0.25, 0.3) is 11.8 Å². The first kappa shape index (κ1) is 34.4. The Bertz CT molecular complexity index is 1480. The molecule has 2 amide bonds. The van der Waals surface area contributed by atoms with E-state index in [2.05, 4.69) is 36.4 Å². The maximum atomic E-state index is 14.3. The van der Waals surface area contributed by atoms with Crippen molar-refractivity contribution in [2.45, 2.75) is 77.2 Å². The summed E-state index contributed by atoms with van der Waals surface area (Å²) in [6, 6.07) is 9.78. The van der Waals surface area contributed by atoms with Crippen molar-refractivity contribution in [1.29, 1.82) is 5.53 Å². The topological polar surface area (TPSA) is 136 Å². The van der Waals surface area contributed by atoms with Gasteiger partial charge in [0.1, 0.15) is 17.2 Å². The molecule has 1 fully saturated rings. The molecule has 1 aliphatic carbocycles.